The van der Waals surface area contributed by atoms with E-state index in [1.165, 1.54) is 12.1 Å². The first-order valence-corrected chi connectivity index (χ1v) is 10.5. The third-order valence-electron chi connectivity index (χ3n) is 6.10. The number of fused-ring (bicyclic) bond motifs is 2. The van der Waals surface area contributed by atoms with Crippen LogP contribution in [0, 0.1) is 11.7 Å². The van der Waals surface area contributed by atoms with Crippen LogP contribution in [-0.2, 0) is 24.8 Å². The van der Waals surface area contributed by atoms with E-state index < -0.39 is 0 Å². The molecule has 0 radical (unpaired) electrons. The van der Waals surface area contributed by atoms with Crippen molar-refractivity contribution in [2.75, 3.05) is 19.7 Å². The maximum atomic E-state index is 13.6. The number of aryl methyl sites for hydroxylation is 2. The number of likely N-dealkylation sites (tertiary alicyclic amines) is 1. The summed E-state index contributed by atoms with van der Waals surface area (Å²) in [5, 5.41) is 3.18. The Morgan fingerprint density at radius 3 is 3.03 bits per heavy atom. The minimum atomic E-state index is -0.263. The molecule has 29 heavy (non-hydrogen) atoms. The molecule has 1 amide bonds. The van der Waals surface area contributed by atoms with Gasteiger partial charge in [-0.3, -0.25) is 9.69 Å². The van der Waals surface area contributed by atoms with Crippen LogP contribution in [0.4, 0.5) is 4.39 Å². The second kappa shape index (κ2) is 8.95. The Labute approximate surface area is 171 Å². The van der Waals surface area contributed by atoms with E-state index in [2.05, 4.69) is 19.8 Å². The quantitative estimate of drug-likeness (QED) is 0.842. The molecule has 3 heterocycles. The van der Waals surface area contributed by atoms with Crippen molar-refractivity contribution < 1.29 is 13.9 Å². The average molecular weight is 400 g/mol. The number of nitrogens with one attached hydrogen (secondary N) is 1. The summed E-state index contributed by atoms with van der Waals surface area (Å²) in [7, 11) is 2.02. The summed E-state index contributed by atoms with van der Waals surface area (Å²) in [5.41, 5.74) is 0.843. The van der Waals surface area contributed by atoms with Gasteiger partial charge in [-0.05, 0) is 55.4 Å². The number of amides is 1. The number of carbonyl (C=O) groups is 1. The van der Waals surface area contributed by atoms with Gasteiger partial charge in [0.2, 0.25) is 0 Å². The Bertz CT molecular complexity index is 853. The zero-order chi connectivity index (χ0) is 20.2. The highest BCUT2D eigenvalue weighted by Gasteiger charge is 2.30. The predicted octanol–water partition coefficient (Wildman–Crippen LogP) is 2.67. The van der Waals surface area contributed by atoms with E-state index >= 15 is 0 Å². The van der Waals surface area contributed by atoms with Crippen LogP contribution in [0.25, 0.3) is 0 Å². The molecule has 1 aromatic carbocycles. The number of imidazole rings is 1. The highest BCUT2D eigenvalue weighted by atomic mass is 19.1. The minimum Gasteiger partial charge on any atom is -0.483 e. The van der Waals surface area contributed by atoms with Gasteiger partial charge in [0, 0.05) is 38.6 Å². The molecular formula is C22H29FN4O2. The number of nitrogens with zero attached hydrogens (tertiary/aromatic N) is 3. The second-order valence-electron chi connectivity index (χ2n) is 8.20. The highest BCUT2D eigenvalue weighted by molar-refractivity contribution is 5.78. The van der Waals surface area contributed by atoms with Gasteiger partial charge in [0.05, 0.1) is 6.54 Å². The fourth-order valence-electron chi connectivity index (χ4n) is 4.48. The lowest BCUT2D eigenvalue weighted by atomic mass is 9.87. The topological polar surface area (TPSA) is 59.4 Å². The molecule has 7 heteroatoms. The van der Waals surface area contributed by atoms with Crippen LogP contribution >= 0.6 is 0 Å². The summed E-state index contributed by atoms with van der Waals surface area (Å²) in [6.45, 7) is 2.69. The summed E-state index contributed by atoms with van der Waals surface area (Å²) in [6, 6.07) is 4.71. The third-order valence-corrected chi connectivity index (χ3v) is 6.10. The average Bonchev–Trinajstić information content (AvgIpc) is 3.10. The molecule has 2 aromatic rings. The van der Waals surface area contributed by atoms with Crippen LogP contribution in [0.15, 0.2) is 30.6 Å². The predicted molar refractivity (Wildman–Crippen MR) is 108 cm³/mol. The summed E-state index contributed by atoms with van der Waals surface area (Å²) in [4.78, 5) is 19.4. The second-order valence-corrected chi connectivity index (χ2v) is 8.20. The normalized spacial score (nSPS) is 23.7. The molecule has 4 rings (SSSR count). The zero-order valence-corrected chi connectivity index (χ0v) is 16.9. The van der Waals surface area contributed by atoms with Crippen molar-refractivity contribution in [2.24, 2.45) is 13.0 Å². The molecule has 1 aromatic heterocycles. The number of benzene rings is 1. The van der Waals surface area contributed by atoms with Crippen molar-refractivity contribution in [3.05, 3.63) is 47.8 Å². The van der Waals surface area contributed by atoms with E-state index in [1.54, 1.807) is 6.07 Å². The Hall–Kier alpha value is -2.41. The molecule has 6 nitrogen and oxygen atoms in total. The molecule has 1 N–H and O–H groups in total. The van der Waals surface area contributed by atoms with Gasteiger partial charge < -0.3 is 14.6 Å². The van der Waals surface area contributed by atoms with Crippen molar-refractivity contribution in [3.8, 4) is 5.75 Å². The number of piperidine rings is 1. The lowest BCUT2D eigenvalue weighted by molar-refractivity contribution is -0.124. The molecular weight excluding hydrogens is 371 g/mol. The van der Waals surface area contributed by atoms with E-state index in [0.717, 1.165) is 63.1 Å². The highest BCUT2D eigenvalue weighted by Crippen LogP contribution is 2.27. The van der Waals surface area contributed by atoms with E-state index in [-0.39, 0.29) is 24.4 Å². The fraction of sp³-hybridized carbons (Fsp3) is 0.545. The molecule has 0 unspecified atom stereocenters. The van der Waals surface area contributed by atoms with Gasteiger partial charge in [0.1, 0.15) is 17.4 Å². The molecule has 1 saturated heterocycles. The van der Waals surface area contributed by atoms with Gasteiger partial charge in [-0.1, -0.05) is 6.42 Å². The van der Waals surface area contributed by atoms with Gasteiger partial charge in [-0.2, -0.15) is 0 Å². The van der Waals surface area contributed by atoms with Gasteiger partial charge >= 0.3 is 0 Å². The maximum Gasteiger partial charge on any atom is 0.258 e. The largest absolute Gasteiger partial charge is 0.483 e. The lowest BCUT2D eigenvalue weighted by Gasteiger charge is -2.39. The van der Waals surface area contributed by atoms with Crippen LogP contribution in [0.1, 0.15) is 37.1 Å². The molecule has 0 saturated carbocycles. The zero-order valence-electron chi connectivity index (χ0n) is 16.9. The third kappa shape index (κ3) is 4.96. The number of aromatic nitrogens is 2. The van der Waals surface area contributed by atoms with Gasteiger partial charge in [-0.25, -0.2) is 9.37 Å². The Morgan fingerprint density at radius 2 is 2.21 bits per heavy atom. The van der Waals surface area contributed by atoms with Gasteiger partial charge in [0.15, 0.2) is 6.61 Å². The van der Waals surface area contributed by atoms with E-state index in [1.807, 2.05) is 19.4 Å². The smallest absolute Gasteiger partial charge is 0.258 e. The Balaban J connectivity index is 1.43. The molecule has 1 fully saturated rings. The van der Waals surface area contributed by atoms with E-state index in [9.17, 15) is 9.18 Å². The maximum absolute atomic E-state index is 13.6. The number of rotatable bonds is 2. The van der Waals surface area contributed by atoms with E-state index in [4.69, 9.17) is 4.74 Å². The number of carbonyl (C=O) groups excluding carboxylic acids is 1. The fourth-order valence-corrected chi connectivity index (χ4v) is 4.48. The first kappa shape index (κ1) is 19.9. The van der Waals surface area contributed by atoms with Crippen LogP contribution < -0.4 is 10.1 Å². The number of halogens is 1. The summed E-state index contributed by atoms with van der Waals surface area (Å²) < 4.78 is 21.4. The molecule has 0 bridgehead atoms. The van der Waals surface area contributed by atoms with Crippen molar-refractivity contribution in [3.63, 3.8) is 0 Å². The first-order chi connectivity index (χ1) is 14.1. The standard InChI is InChI=1S/C22H29FN4O2/c1-26-11-9-24-21(26)14-27-10-8-19-17(13-27)5-3-2-4-16-12-18(23)6-7-20(16)29-15-22(28)25-19/h6-7,9,11-12,17,19H,2-5,8,10,13-15H2,1H3,(H,25,28)/t17-,19+/m1/s1. The summed E-state index contributed by atoms with van der Waals surface area (Å²) in [5.74, 6) is 1.71. The molecule has 2 atom stereocenters. The van der Waals surface area contributed by atoms with Crippen molar-refractivity contribution in [2.45, 2.75) is 44.7 Å². The lowest BCUT2D eigenvalue weighted by Crippen LogP contribution is -2.51. The van der Waals surface area contributed by atoms with Gasteiger partial charge in [0.25, 0.3) is 5.91 Å². The van der Waals surface area contributed by atoms with Crippen molar-refractivity contribution in [1.29, 1.82) is 0 Å². The molecule has 2 aliphatic rings. The summed E-state index contributed by atoms with van der Waals surface area (Å²) in [6.07, 6.45) is 8.58. The first-order valence-electron chi connectivity index (χ1n) is 10.5. The summed E-state index contributed by atoms with van der Waals surface area (Å²) >= 11 is 0. The van der Waals surface area contributed by atoms with Crippen LogP contribution in [0.3, 0.4) is 0 Å². The Kier molecular flexibility index (Phi) is 6.13. The minimum absolute atomic E-state index is 0.0289. The van der Waals surface area contributed by atoms with E-state index in [0.29, 0.717) is 11.7 Å². The van der Waals surface area contributed by atoms with Crippen molar-refractivity contribution in [1.82, 2.24) is 19.8 Å². The van der Waals surface area contributed by atoms with Crippen LogP contribution in [0.2, 0.25) is 0 Å². The Morgan fingerprint density at radius 1 is 1.31 bits per heavy atom. The number of hydrogen-bond donors (Lipinski definition) is 1. The van der Waals surface area contributed by atoms with Gasteiger partial charge in [-0.15, -0.1) is 0 Å². The van der Waals surface area contributed by atoms with Crippen LogP contribution in [0.5, 0.6) is 5.75 Å². The number of ether oxygens (including phenoxy) is 1. The van der Waals surface area contributed by atoms with Crippen molar-refractivity contribution >= 4 is 5.91 Å². The molecule has 0 spiro atoms. The van der Waals surface area contributed by atoms with Crippen LogP contribution in [-0.4, -0.2) is 46.1 Å². The monoisotopic (exact) mass is 400 g/mol. The SMILES string of the molecule is Cn1ccnc1CN1CC[C@@H]2NC(=O)COc3ccc(F)cc3CCCC[C@@H]2C1. The molecule has 0 aliphatic carbocycles. The number of hydrogen-bond acceptors (Lipinski definition) is 4. The molecule has 156 valence electrons. The molecule has 2 aliphatic heterocycles.